The smallest absolute Gasteiger partial charge is 0.307 e. The number of hydrogen-bond acceptors (Lipinski definition) is 3. The molecule has 1 amide bonds. The van der Waals surface area contributed by atoms with E-state index in [2.05, 4.69) is 5.32 Å². The number of anilines is 1. The molecule has 0 bridgehead atoms. The Morgan fingerprint density at radius 1 is 0.735 bits per heavy atom. The summed E-state index contributed by atoms with van der Waals surface area (Å²) in [6.07, 6.45) is 2.80. The molecule has 0 saturated heterocycles. The molecule has 3 aromatic rings. The Morgan fingerprint density at radius 3 is 1.82 bits per heavy atom. The lowest BCUT2D eigenvalue weighted by molar-refractivity contribution is -0.144. The minimum absolute atomic E-state index is 0.120. The van der Waals surface area contributed by atoms with Crippen molar-refractivity contribution in [2.75, 3.05) is 5.32 Å². The first-order chi connectivity index (χ1) is 16.3. The number of Topliss-reactive ketones (excluding diaryl/α,β-unsaturated/α-hetero) is 1. The fraction of sp³-hybridized carbons (Fsp3) is 0.222. The summed E-state index contributed by atoms with van der Waals surface area (Å²) >= 11 is 0. The number of nitrogens with one attached hydrogen (secondary N) is 1. The second kappa shape index (κ2) is 9.95. The minimum Gasteiger partial charge on any atom is -0.481 e. The highest BCUT2D eigenvalue weighted by Crippen LogP contribution is 2.33. The Kier molecular flexibility index (Phi) is 6.82. The zero-order chi connectivity index (χ0) is 24.2. The van der Waals surface area contributed by atoms with Gasteiger partial charge in [-0.1, -0.05) is 49.2 Å². The summed E-state index contributed by atoms with van der Waals surface area (Å²) in [6, 6.07) is 16.5. The summed E-state index contributed by atoms with van der Waals surface area (Å²) in [6.45, 7) is 0. The van der Waals surface area contributed by atoms with Crippen molar-refractivity contribution in [3.8, 4) is 11.1 Å². The van der Waals surface area contributed by atoms with Gasteiger partial charge in [0.05, 0.1) is 5.92 Å². The van der Waals surface area contributed by atoms with E-state index in [0.717, 1.165) is 36.1 Å². The number of carbonyl (C=O) groups is 3. The monoisotopic (exact) mass is 463 g/mol. The maximum absolute atomic E-state index is 13.3. The molecular weight excluding hydrogens is 440 g/mol. The lowest BCUT2D eigenvalue weighted by Gasteiger charge is -2.27. The average molecular weight is 463 g/mol. The van der Waals surface area contributed by atoms with Crippen molar-refractivity contribution in [3.05, 3.63) is 89.5 Å². The van der Waals surface area contributed by atoms with Crippen molar-refractivity contribution in [2.45, 2.75) is 25.7 Å². The number of halogens is 2. The van der Waals surface area contributed by atoms with Gasteiger partial charge in [0.15, 0.2) is 5.78 Å². The summed E-state index contributed by atoms with van der Waals surface area (Å²) < 4.78 is 26.7. The van der Waals surface area contributed by atoms with Crippen LogP contribution in [0.1, 0.15) is 46.4 Å². The first kappa shape index (κ1) is 23.3. The fourth-order valence-corrected chi connectivity index (χ4v) is 4.42. The highest BCUT2D eigenvalue weighted by molar-refractivity contribution is 6.04. The quantitative estimate of drug-likeness (QED) is 0.442. The van der Waals surface area contributed by atoms with Crippen LogP contribution in [0.5, 0.6) is 0 Å². The highest BCUT2D eigenvalue weighted by Gasteiger charge is 2.35. The van der Waals surface area contributed by atoms with Crippen LogP contribution in [0.15, 0.2) is 66.7 Å². The summed E-state index contributed by atoms with van der Waals surface area (Å²) in [4.78, 5) is 36.7. The number of amides is 1. The topological polar surface area (TPSA) is 83.5 Å². The maximum Gasteiger partial charge on any atom is 0.307 e. The van der Waals surface area contributed by atoms with Crippen LogP contribution in [-0.4, -0.2) is 22.8 Å². The standard InChI is InChI=1S/C27H23F2NO4/c28-20-13-19(14-21(29)15-20)26(32)30-22-11-9-17(10-12-22)16-5-7-18(8-6-16)25(31)23-3-1-2-4-24(23)27(33)34/h5-15,23-24H,1-4H2,(H,30,32)(H,33,34)/t23?,24-/m1/s1. The fourth-order valence-electron chi connectivity index (χ4n) is 4.42. The number of ketones is 1. The normalized spacial score (nSPS) is 17.7. The summed E-state index contributed by atoms with van der Waals surface area (Å²) in [7, 11) is 0. The lowest BCUT2D eigenvalue weighted by atomic mass is 9.75. The van der Waals surface area contributed by atoms with Gasteiger partial charge in [-0.05, 0) is 48.2 Å². The molecule has 174 valence electrons. The van der Waals surface area contributed by atoms with E-state index in [-0.39, 0.29) is 11.3 Å². The van der Waals surface area contributed by atoms with Gasteiger partial charge in [0.25, 0.3) is 5.91 Å². The molecule has 0 spiro atoms. The number of carbonyl (C=O) groups excluding carboxylic acids is 2. The van der Waals surface area contributed by atoms with Gasteiger partial charge in [-0.3, -0.25) is 14.4 Å². The van der Waals surface area contributed by atoms with Crippen molar-refractivity contribution in [2.24, 2.45) is 11.8 Å². The van der Waals surface area contributed by atoms with Crippen molar-refractivity contribution in [1.82, 2.24) is 0 Å². The molecule has 0 aromatic heterocycles. The zero-order valence-electron chi connectivity index (χ0n) is 18.3. The SMILES string of the molecule is O=C(Nc1ccc(-c2ccc(C(=O)C3CCCC[C@H]3C(=O)O)cc2)cc1)c1cc(F)cc(F)c1. The number of carboxylic acid groups (broad SMARTS) is 1. The molecule has 1 saturated carbocycles. The molecular formula is C27H23F2NO4. The molecule has 0 heterocycles. The van der Waals surface area contributed by atoms with Crippen LogP contribution < -0.4 is 5.32 Å². The van der Waals surface area contributed by atoms with Gasteiger partial charge < -0.3 is 10.4 Å². The molecule has 1 fully saturated rings. The number of hydrogen-bond donors (Lipinski definition) is 2. The molecule has 5 nitrogen and oxygen atoms in total. The Hall–Kier alpha value is -3.87. The molecule has 4 rings (SSSR count). The number of carboxylic acids is 1. The van der Waals surface area contributed by atoms with Crippen LogP contribution >= 0.6 is 0 Å². The number of aliphatic carboxylic acids is 1. The van der Waals surface area contributed by atoms with Gasteiger partial charge in [0, 0.05) is 28.8 Å². The van der Waals surface area contributed by atoms with E-state index in [1.807, 2.05) is 0 Å². The summed E-state index contributed by atoms with van der Waals surface area (Å²) in [5.41, 5.74) is 2.52. The van der Waals surface area contributed by atoms with Crippen LogP contribution in [0.25, 0.3) is 11.1 Å². The van der Waals surface area contributed by atoms with E-state index in [9.17, 15) is 28.3 Å². The van der Waals surface area contributed by atoms with E-state index in [1.165, 1.54) is 0 Å². The maximum atomic E-state index is 13.3. The van der Waals surface area contributed by atoms with Crippen molar-refractivity contribution in [1.29, 1.82) is 0 Å². The molecule has 0 radical (unpaired) electrons. The molecule has 1 unspecified atom stereocenters. The second-order valence-electron chi connectivity index (χ2n) is 8.47. The summed E-state index contributed by atoms with van der Waals surface area (Å²) in [5.74, 6) is -4.46. The first-order valence-corrected chi connectivity index (χ1v) is 11.1. The zero-order valence-corrected chi connectivity index (χ0v) is 18.3. The van der Waals surface area contributed by atoms with E-state index >= 15 is 0 Å². The highest BCUT2D eigenvalue weighted by atomic mass is 19.1. The van der Waals surface area contributed by atoms with Gasteiger partial charge in [-0.15, -0.1) is 0 Å². The van der Waals surface area contributed by atoms with Crippen molar-refractivity contribution < 1.29 is 28.3 Å². The molecule has 1 aliphatic rings. The molecule has 7 heteroatoms. The Balaban J connectivity index is 1.44. The third-order valence-corrected chi connectivity index (χ3v) is 6.19. The van der Waals surface area contributed by atoms with Gasteiger partial charge in [-0.25, -0.2) is 8.78 Å². The number of benzene rings is 3. The van der Waals surface area contributed by atoms with Crippen molar-refractivity contribution >= 4 is 23.3 Å². The van der Waals surface area contributed by atoms with Crippen LogP contribution in [0, 0.1) is 23.5 Å². The molecule has 3 aromatic carbocycles. The van der Waals surface area contributed by atoms with Crippen LogP contribution in [0.4, 0.5) is 14.5 Å². The molecule has 2 atom stereocenters. The van der Waals surface area contributed by atoms with E-state index in [1.54, 1.807) is 48.5 Å². The molecule has 2 N–H and O–H groups in total. The molecule has 1 aliphatic carbocycles. The predicted molar refractivity (Wildman–Crippen MR) is 124 cm³/mol. The Morgan fingerprint density at radius 2 is 1.26 bits per heavy atom. The van der Waals surface area contributed by atoms with Gasteiger partial charge in [0.1, 0.15) is 11.6 Å². The minimum atomic E-state index is -0.913. The Bertz CT molecular complexity index is 1200. The molecule has 34 heavy (non-hydrogen) atoms. The van der Waals surface area contributed by atoms with Crippen LogP contribution in [0.3, 0.4) is 0 Å². The van der Waals surface area contributed by atoms with Gasteiger partial charge in [0.2, 0.25) is 0 Å². The summed E-state index contributed by atoms with van der Waals surface area (Å²) in [5, 5.41) is 12.1. The lowest BCUT2D eigenvalue weighted by Crippen LogP contribution is -2.32. The number of rotatable bonds is 6. The third kappa shape index (κ3) is 5.20. The van der Waals surface area contributed by atoms with E-state index in [4.69, 9.17) is 0 Å². The Labute approximate surface area is 195 Å². The predicted octanol–water partition coefficient (Wildman–Crippen LogP) is 5.96. The van der Waals surface area contributed by atoms with Crippen molar-refractivity contribution in [3.63, 3.8) is 0 Å². The van der Waals surface area contributed by atoms with Gasteiger partial charge >= 0.3 is 5.97 Å². The first-order valence-electron chi connectivity index (χ1n) is 11.1. The average Bonchev–Trinajstić information content (AvgIpc) is 2.83. The third-order valence-electron chi connectivity index (χ3n) is 6.19. The van der Waals surface area contributed by atoms with Crippen LogP contribution in [0.2, 0.25) is 0 Å². The van der Waals surface area contributed by atoms with Crippen LogP contribution in [-0.2, 0) is 4.79 Å². The van der Waals surface area contributed by atoms with Gasteiger partial charge in [-0.2, -0.15) is 0 Å². The molecule has 0 aliphatic heterocycles. The second-order valence-corrected chi connectivity index (χ2v) is 8.47. The van der Waals surface area contributed by atoms with E-state index < -0.39 is 35.3 Å². The van der Waals surface area contributed by atoms with E-state index in [0.29, 0.717) is 30.2 Å². The largest absolute Gasteiger partial charge is 0.481 e.